The molecule has 0 spiro atoms. The summed E-state index contributed by atoms with van der Waals surface area (Å²) in [5.41, 5.74) is 2.56. The molecule has 0 aliphatic heterocycles. The molecule has 0 aliphatic rings. The fourth-order valence-electron chi connectivity index (χ4n) is 0.978. The van der Waals surface area contributed by atoms with E-state index in [1.54, 1.807) is 0 Å². The molecule has 0 aliphatic carbocycles. The lowest BCUT2D eigenvalue weighted by molar-refractivity contribution is 0.553. The first-order valence-electron chi connectivity index (χ1n) is 4.65. The molecule has 82 valence electrons. The van der Waals surface area contributed by atoms with Gasteiger partial charge in [-0.1, -0.05) is 23.3 Å². The summed E-state index contributed by atoms with van der Waals surface area (Å²) >= 11 is -1.90. The third-order valence-electron chi connectivity index (χ3n) is 1.75. The van der Waals surface area contributed by atoms with Crippen LogP contribution in [0.15, 0.2) is 23.3 Å². The Kier molecular flexibility index (Phi) is 7.65. The van der Waals surface area contributed by atoms with Crippen LogP contribution >= 0.6 is 0 Å². The molecule has 0 aromatic heterocycles. The molecule has 14 heavy (non-hydrogen) atoms. The molecule has 0 aromatic carbocycles. The Bertz CT molecular complexity index is 243. The zero-order chi connectivity index (χ0) is 11.0. The molecule has 4 heteroatoms. The Balaban J connectivity index is 3.67. The molecule has 1 unspecified atom stereocenters. The van der Waals surface area contributed by atoms with Gasteiger partial charge in [-0.25, -0.2) is 8.93 Å². The van der Waals surface area contributed by atoms with Crippen molar-refractivity contribution in [3.63, 3.8) is 0 Å². The summed E-state index contributed by atoms with van der Waals surface area (Å²) in [7, 11) is 0. The van der Waals surface area contributed by atoms with Crippen molar-refractivity contribution in [2.75, 3.05) is 6.54 Å². The molecular formula is C10H19NO2S. The van der Waals surface area contributed by atoms with Crippen LogP contribution in [0, 0.1) is 0 Å². The smallest absolute Gasteiger partial charge is 0.232 e. The first-order valence-corrected chi connectivity index (χ1v) is 5.76. The van der Waals surface area contributed by atoms with Crippen LogP contribution in [0.25, 0.3) is 0 Å². The van der Waals surface area contributed by atoms with Crippen LogP contribution in [0.1, 0.15) is 33.6 Å². The Morgan fingerprint density at radius 3 is 2.50 bits per heavy atom. The van der Waals surface area contributed by atoms with Crippen LogP contribution in [-0.4, -0.2) is 15.3 Å². The van der Waals surface area contributed by atoms with Gasteiger partial charge in [0.05, 0.1) is 0 Å². The second-order valence-electron chi connectivity index (χ2n) is 3.47. The second-order valence-corrected chi connectivity index (χ2v) is 4.26. The lowest BCUT2D eigenvalue weighted by atomic mass is 10.1. The van der Waals surface area contributed by atoms with E-state index < -0.39 is 11.3 Å². The maximum Gasteiger partial charge on any atom is 0.232 e. The van der Waals surface area contributed by atoms with Crippen molar-refractivity contribution in [2.45, 2.75) is 33.6 Å². The van der Waals surface area contributed by atoms with Crippen LogP contribution in [0.2, 0.25) is 0 Å². The third kappa shape index (κ3) is 9.64. The number of rotatable bonds is 6. The van der Waals surface area contributed by atoms with E-state index in [4.69, 9.17) is 4.55 Å². The molecule has 1 atom stereocenters. The maximum absolute atomic E-state index is 10.2. The molecule has 0 saturated heterocycles. The Morgan fingerprint density at radius 1 is 1.36 bits per heavy atom. The highest BCUT2D eigenvalue weighted by molar-refractivity contribution is 7.77. The van der Waals surface area contributed by atoms with Crippen molar-refractivity contribution in [3.05, 3.63) is 23.3 Å². The zero-order valence-electron chi connectivity index (χ0n) is 9.04. The van der Waals surface area contributed by atoms with E-state index in [0.717, 1.165) is 12.8 Å². The fourth-order valence-corrected chi connectivity index (χ4v) is 1.20. The summed E-state index contributed by atoms with van der Waals surface area (Å²) in [6.45, 7) is 6.63. The SMILES string of the molecule is CC(C)=CCC/C(C)=C/CNS(=O)O. The summed E-state index contributed by atoms with van der Waals surface area (Å²) in [6, 6.07) is 0. The van der Waals surface area contributed by atoms with E-state index in [2.05, 4.69) is 24.6 Å². The van der Waals surface area contributed by atoms with Gasteiger partial charge < -0.3 is 0 Å². The highest BCUT2D eigenvalue weighted by Gasteiger charge is 1.90. The Morgan fingerprint density at radius 2 is 2.00 bits per heavy atom. The molecule has 0 bridgehead atoms. The highest BCUT2D eigenvalue weighted by atomic mass is 32.2. The Labute approximate surface area is 88.7 Å². The van der Waals surface area contributed by atoms with Crippen molar-refractivity contribution >= 4 is 11.3 Å². The van der Waals surface area contributed by atoms with E-state index >= 15 is 0 Å². The minimum atomic E-state index is -1.90. The first kappa shape index (κ1) is 13.5. The first-order chi connectivity index (χ1) is 6.52. The molecule has 0 amide bonds. The van der Waals surface area contributed by atoms with E-state index in [1.807, 2.05) is 13.0 Å². The van der Waals surface area contributed by atoms with Gasteiger partial charge >= 0.3 is 0 Å². The fraction of sp³-hybridized carbons (Fsp3) is 0.600. The van der Waals surface area contributed by atoms with Crippen molar-refractivity contribution in [3.8, 4) is 0 Å². The average Bonchev–Trinajstić information content (AvgIpc) is 2.02. The molecule has 2 N–H and O–H groups in total. The van der Waals surface area contributed by atoms with Gasteiger partial charge in [-0.15, -0.1) is 0 Å². The minimum absolute atomic E-state index is 0.448. The van der Waals surface area contributed by atoms with Crippen LogP contribution in [0.4, 0.5) is 0 Å². The number of allylic oxidation sites excluding steroid dienone is 3. The predicted octanol–water partition coefficient (Wildman–Crippen LogP) is 2.41. The topological polar surface area (TPSA) is 49.3 Å². The predicted molar refractivity (Wildman–Crippen MR) is 61.2 cm³/mol. The molecular weight excluding hydrogens is 198 g/mol. The molecule has 3 nitrogen and oxygen atoms in total. The summed E-state index contributed by atoms with van der Waals surface area (Å²) in [5, 5.41) is 0. The minimum Gasteiger partial charge on any atom is -0.294 e. The molecule has 0 fully saturated rings. The third-order valence-corrected chi connectivity index (χ3v) is 2.16. The van der Waals surface area contributed by atoms with Gasteiger partial charge in [-0.05, 0) is 33.6 Å². The molecule has 0 rings (SSSR count). The molecule has 0 saturated carbocycles. The van der Waals surface area contributed by atoms with Crippen LogP contribution in [0.5, 0.6) is 0 Å². The number of nitrogens with one attached hydrogen (secondary N) is 1. The second kappa shape index (κ2) is 7.91. The lowest BCUT2D eigenvalue weighted by Gasteiger charge is -1.99. The maximum atomic E-state index is 10.2. The van der Waals surface area contributed by atoms with Crippen molar-refractivity contribution < 1.29 is 8.76 Å². The van der Waals surface area contributed by atoms with Crippen molar-refractivity contribution in [1.29, 1.82) is 0 Å². The molecule has 0 heterocycles. The Hall–Kier alpha value is -0.450. The highest BCUT2D eigenvalue weighted by Crippen LogP contribution is 2.05. The van der Waals surface area contributed by atoms with Gasteiger partial charge in [0.2, 0.25) is 11.3 Å². The van der Waals surface area contributed by atoms with Gasteiger partial charge in [-0.3, -0.25) is 4.55 Å². The van der Waals surface area contributed by atoms with Gasteiger partial charge in [0.15, 0.2) is 0 Å². The summed E-state index contributed by atoms with van der Waals surface area (Å²) < 4.78 is 21.1. The van der Waals surface area contributed by atoms with Crippen molar-refractivity contribution in [1.82, 2.24) is 4.72 Å². The summed E-state index contributed by atoms with van der Waals surface area (Å²) in [5.74, 6) is 0. The largest absolute Gasteiger partial charge is 0.294 e. The van der Waals surface area contributed by atoms with Gasteiger partial charge in [0.25, 0.3) is 0 Å². The quantitative estimate of drug-likeness (QED) is 0.530. The van der Waals surface area contributed by atoms with Crippen LogP contribution < -0.4 is 4.72 Å². The van der Waals surface area contributed by atoms with Gasteiger partial charge in [0.1, 0.15) is 0 Å². The summed E-state index contributed by atoms with van der Waals surface area (Å²) in [6.07, 6.45) is 6.17. The normalized spacial score (nSPS) is 13.9. The van der Waals surface area contributed by atoms with E-state index in [0.29, 0.717) is 6.54 Å². The monoisotopic (exact) mass is 217 g/mol. The summed E-state index contributed by atoms with van der Waals surface area (Å²) in [4.78, 5) is 0. The van der Waals surface area contributed by atoms with Gasteiger partial charge in [-0.2, -0.15) is 0 Å². The van der Waals surface area contributed by atoms with E-state index in [1.165, 1.54) is 11.1 Å². The molecule has 0 aromatic rings. The standard InChI is InChI=1S/C10H19NO2S/c1-9(2)5-4-6-10(3)7-8-11-14(12)13/h5,7,11H,4,6,8H2,1-3H3,(H,12,13)/b10-7+. The van der Waals surface area contributed by atoms with Crippen LogP contribution in [0.3, 0.4) is 0 Å². The van der Waals surface area contributed by atoms with E-state index in [-0.39, 0.29) is 0 Å². The average molecular weight is 217 g/mol. The zero-order valence-corrected chi connectivity index (χ0v) is 9.86. The number of hydrogen-bond acceptors (Lipinski definition) is 1. The van der Waals surface area contributed by atoms with Crippen LogP contribution in [-0.2, 0) is 11.3 Å². The molecule has 0 radical (unpaired) electrons. The number of hydrogen-bond donors (Lipinski definition) is 2. The van der Waals surface area contributed by atoms with Gasteiger partial charge in [0, 0.05) is 6.54 Å². The van der Waals surface area contributed by atoms with Crippen molar-refractivity contribution in [2.24, 2.45) is 0 Å². The lowest BCUT2D eigenvalue weighted by Crippen LogP contribution is -2.15. The van der Waals surface area contributed by atoms with E-state index in [9.17, 15) is 4.21 Å².